The van der Waals surface area contributed by atoms with E-state index in [1.165, 1.54) is 22.3 Å². The molecule has 8 heteroatoms. The van der Waals surface area contributed by atoms with Crippen molar-refractivity contribution in [2.75, 3.05) is 36.5 Å². The van der Waals surface area contributed by atoms with Gasteiger partial charge in [0.1, 0.15) is 11.5 Å². The zero-order chi connectivity index (χ0) is 26.3. The fourth-order valence-corrected chi connectivity index (χ4v) is 7.65. The van der Waals surface area contributed by atoms with Crippen LogP contribution in [0.5, 0.6) is 0 Å². The summed E-state index contributed by atoms with van der Waals surface area (Å²) in [6.45, 7) is 4.03. The maximum Gasteiger partial charge on any atom is 0.254 e. The van der Waals surface area contributed by atoms with Gasteiger partial charge in [-0.3, -0.25) is 9.79 Å². The third-order valence-electron chi connectivity index (χ3n) is 9.83. The van der Waals surface area contributed by atoms with E-state index < -0.39 is 0 Å². The summed E-state index contributed by atoms with van der Waals surface area (Å²) in [5, 5.41) is 0. The van der Waals surface area contributed by atoms with E-state index in [9.17, 15) is 4.79 Å². The van der Waals surface area contributed by atoms with Gasteiger partial charge in [0.05, 0.1) is 18.4 Å². The summed E-state index contributed by atoms with van der Waals surface area (Å²) in [4.78, 5) is 34.0. The number of hydrogen-bond acceptors (Lipinski definition) is 7. The molecule has 1 atom stereocenters. The fraction of sp³-hybridized carbons (Fsp3) is 0.438. The Morgan fingerprint density at radius 1 is 1.05 bits per heavy atom. The van der Waals surface area contributed by atoms with Crippen molar-refractivity contribution in [1.29, 1.82) is 0 Å². The molecule has 1 aliphatic carbocycles. The Labute approximate surface area is 235 Å². The lowest BCUT2D eigenvalue weighted by molar-refractivity contribution is 0.0816. The van der Waals surface area contributed by atoms with E-state index in [1.54, 1.807) is 4.90 Å². The van der Waals surface area contributed by atoms with Crippen molar-refractivity contribution in [1.82, 2.24) is 14.9 Å². The zero-order valence-electron chi connectivity index (χ0n) is 22.4. The summed E-state index contributed by atoms with van der Waals surface area (Å²) in [5.74, 6) is 1.98. The van der Waals surface area contributed by atoms with Crippen molar-refractivity contribution in [3.05, 3.63) is 81.8 Å². The molecule has 4 aliphatic heterocycles. The Kier molecular flexibility index (Phi) is 5.75. The molecule has 0 radical (unpaired) electrons. The first-order valence-electron chi connectivity index (χ1n) is 14.2. The van der Waals surface area contributed by atoms with E-state index in [1.807, 2.05) is 19.3 Å². The number of nitrogens with two attached hydrogens (primary N) is 1. The van der Waals surface area contributed by atoms with E-state index in [4.69, 9.17) is 20.7 Å². The minimum absolute atomic E-state index is 0. The van der Waals surface area contributed by atoms with E-state index in [0.29, 0.717) is 13.1 Å². The molecule has 8 nitrogen and oxygen atoms in total. The van der Waals surface area contributed by atoms with Crippen LogP contribution in [0.1, 0.15) is 76.7 Å². The Morgan fingerprint density at radius 3 is 2.70 bits per heavy atom. The molecule has 8 rings (SSSR count). The number of nitrogens with zero attached hydrogens (tertiary/aromatic N) is 6. The minimum atomic E-state index is 0. The van der Waals surface area contributed by atoms with E-state index in [0.717, 1.165) is 86.0 Å². The Balaban J connectivity index is 0.00000264. The van der Waals surface area contributed by atoms with Crippen molar-refractivity contribution in [3.63, 3.8) is 0 Å². The van der Waals surface area contributed by atoms with Crippen molar-refractivity contribution in [3.8, 4) is 0 Å². The largest absolute Gasteiger partial charge is 0.355 e. The number of carbonyl (C=O) groups excluding carboxylic acids is 1. The predicted molar refractivity (Wildman–Crippen MR) is 158 cm³/mol. The van der Waals surface area contributed by atoms with Gasteiger partial charge in [-0.25, -0.2) is 9.97 Å². The molecule has 5 heterocycles. The lowest BCUT2D eigenvalue weighted by Gasteiger charge is -2.42. The van der Waals surface area contributed by atoms with Gasteiger partial charge >= 0.3 is 0 Å². The second-order valence-corrected chi connectivity index (χ2v) is 11.9. The minimum Gasteiger partial charge on any atom is -0.355 e. The molecule has 206 valence electrons. The Hall–Kier alpha value is -3.78. The molecule has 1 amide bonds. The van der Waals surface area contributed by atoms with Crippen molar-refractivity contribution in [2.24, 2.45) is 16.1 Å². The highest BCUT2D eigenvalue weighted by Crippen LogP contribution is 2.51. The summed E-state index contributed by atoms with van der Waals surface area (Å²) < 4.78 is 0. The number of amidine groups is 1. The topological polar surface area (TPSA) is 90.9 Å². The van der Waals surface area contributed by atoms with E-state index >= 15 is 0 Å². The summed E-state index contributed by atoms with van der Waals surface area (Å²) in [6, 6.07) is 12.9. The van der Waals surface area contributed by atoms with Crippen LogP contribution >= 0.6 is 0 Å². The molecule has 1 fully saturated rings. The first kappa shape index (κ1) is 25.2. The summed E-state index contributed by atoms with van der Waals surface area (Å²) in [6.07, 6.45) is 7.17. The molecule has 0 saturated carbocycles. The highest BCUT2D eigenvalue weighted by atomic mass is 16.2. The van der Waals surface area contributed by atoms with Gasteiger partial charge in [0.25, 0.3) is 5.91 Å². The van der Waals surface area contributed by atoms with Crippen LogP contribution in [0, 0.1) is 5.41 Å². The molecule has 3 aromatic rings. The highest BCUT2D eigenvalue weighted by molar-refractivity contribution is 6.12. The van der Waals surface area contributed by atoms with Crippen LogP contribution < -0.4 is 15.5 Å². The van der Waals surface area contributed by atoms with Gasteiger partial charge in [-0.15, -0.1) is 0 Å². The number of aliphatic imine (C=N–C) groups is 1. The van der Waals surface area contributed by atoms with Crippen LogP contribution in [0.3, 0.4) is 0 Å². The molecule has 1 aromatic heterocycles. The second kappa shape index (κ2) is 9.13. The quantitative estimate of drug-likeness (QED) is 0.501. The van der Waals surface area contributed by atoms with Crippen molar-refractivity contribution < 1.29 is 4.79 Å². The maximum atomic E-state index is 12.5. The van der Waals surface area contributed by atoms with Gasteiger partial charge in [-0.05, 0) is 71.9 Å². The van der Waals surface area contributed by atoms with Crippen molar-refractivity contribution in [2.45, 2.75) is 58.7 Å². The van der Waals surface area contributed by atoms with Gasteiger partial charge in [0.2, 0.25) is 0 Å². The molecule has 5 aliphatic rings. The molecule has 1 spiro atoms. The molecule has 2 aromatic carbocycles. The number of rotatable bonds is 1. The molecule has 1 saturated heterocycles. The van der Waals surface area contributed by atoms with Gasteiger partial charge in [0.15, 0.2) is 5.84 Å². The van der Waals surface area contributed by atoms with Crippen LogP contribution in [-0.4, -0.2) is 53.3 Å². The lowest BCUT2D eigenvalue weighted by atomic mass is 9.73. The number of amides is 1. The van der Waals surface area contributed by atoms with Crippen LogP contribution in [0.2, 0.25) is 0 Å². The van der Waals surface area contributed by atoms with Gasteiger partial charge in [-0.2, -0.15) is 0 Å². The SMILES string of the molecule is C.CN1Cc2c(ccc3c2CCCN3C2=NCc3nc(N4CCC5(CC4)Cc4ccccc4[C@H]5N)cnc32)C1=O. The third kappa shape index (κ3) is 3.54. The van der Waals surface area contributed by atoms with Crippen LogP contribution in [0.25, 0.3) is 0 Å². The number of anilines is 2. The zero-order valence-corrected chi connectivity index (χ0v) is 22.4. The standard InChI is InChI=1S/C31H33N7O.CH4/c1-36-18-23-21-7-4-12-38(25(21)9-8-22(23)30(36)39)29-27-24(16-34-29)35-26(17-33-27)37-13-10-31(11-14-37)15-19-5-2-3-6-20(19)28(31)32;/h2-3,5-6,8-9,17,28H,4,7,10-16,18,32H2,1H3;1H4/t28-;/m1./s1. The second-order valence-electron chi connectivity index (χ2n) is 11.9. The molecule has 40 heavy (non-hydrogen) atoms. The first-order valence-corrected chi connectivity index (χ1v) is 14.2. The molecule has 2 N–H and O–H groups in total. The molecule has 0 unspecified atom stereocenters. The number of hydrogen-bond donors (Lipinski definition) is 1. The van der Waals surface area contributed by atoms with Crippen LogP contribution in [0.15, 0.2) is 47.6 Å². The van der Waals surface area contributed by atoms with E-state index in [2.05, 4.69) is 40.1 Å². The Morgan fingerprint density at radius 2 is 1.88 bits per heavy atom. The highest BCUT2D eigenvalue weighted by Gasteiger charge is 2.46. The number of benzene rings is 2. The number of fused-ring (bicyclic) bond motifs is 5. The maximum absolute atomic E-state index is 12.5. The average Bonchev–Trinajstić information content (AvgIpc) is 3.61. The summed E-state index contributed by atoms with van der Waals surface area (Å²) in [5.41, 5.74) is 16.0. The molecular weight excluding hydrogens is 498 g/mol. The summed E-state index contributed by atoms with van der Waals surface area (Å²) in [7, 11) is 1.88. The van der Waals surface area contributed by atoms with Crippen LogP contribution in [0.4, 0.5) is 11.5 Å². The van der Waals surface area contributed by atoms with Crippen molar-refractivity contribution >= 4 is 23.2 Å². The first-order chi connectivity index (χ1) is 19.0. The number of piperidine rings is 1. The monoisotopic (exact) mass is 535 g/mol. The van der Waals surface area contributed by atoms with Gasteiger partial charge < -0.3 is 20.4 Å². The third-order valence-corrected chi connectivity index (χ3v) is 9.83. The number of carbonyl (C=O) groups is 1. The lowest BCUT2D eigenvalue weighted by Crippen LogP contribution is -2.44. The summed E-state index contributed by atoms with van der Waals surface area (Å²) >= 11 is 0. The van der Waals surface area contributed by atoms with Gasteiger partial charge in [-0.1, -0.05) is 31.7 Å². The van der Waals surface area contributed by atoms with Crippen LogP contribution in [-0.2, 0) is 25.9 Å². The smallest absolute Gasteiger partial charge is 0.254 e. The normalized spacial score (nSPS) is 22.1. The fourth-order valence-electron chi connectivity index (χ4n) is 7.65. The molecule has 0 bridgehead atoms. The van der Waals surface area contributed by atoms with E-state index in [-0.39, 0.29) is 24.8 Å². The average molecular weight is 536 g/mol. The van der Waals surface area contributed by atoms with Gasteiger partial charge in [0, 0.05) is 50.5 Å². The number of aromatic nitrogens is 2. The Bertz CT molecular complexity index is 1550. The molecular formula is C32H37N7O. The predicted octanol–water partition coefficient (Wildman–Crippen LogP) is 4.25.